The molecule has 0 aromatic heterocycles. The Kier molecular flexibility index (Phi) is 32.0. The smallest absolute Gasteiger partial charge is 0.329 e. The number of allylic oxidation sites excluding steroid dienone is 2. The zero-order valence-electron chi connectivity index (χ0n) is 30.3. The van der Waals surface area contributed by atoms with Crippen molar-refractivity contribution in [2.45, 2.75) is 109 Å². The van der Waals surface area contributed by atoms with Gasteiger partial charge in [-0.3, -0.25) is 14.4 Å². The predicted octanol–water partition coefficient (Wildman–Crippen LogP) is 3.34. The molecular weight excluding hydrogens is 654 g/mol. The van der Waals surface area contributed by atoms with E-state index in [1.165, 1.54) is 32.8 Å². The third-order valence-electron chi connectivity index (χ3n) is 7.35. The Morgan fingerprint density at radius 1 is 0.600 bits per heavy atom. The van der Waals surface area contributed by atoms with Crippen LogP contribution < -0.4 is 16.0 Å². The number of rotatable bonds is 35. The Hall–Kier alpha value is -3.27. The van der Waals surface area contributed by atoms with Gasteiger partial charge in [-0.1, -0.05) is 58.3 Å². The monoisotopic (exact) mass is 717 g/mol. The van der Waals surface area contributed by atoms with Gasteiger partial charge in [0.25, 0.3) is 0 Å². The first kappa shape index (κ1) is 46.7. The van der Waals surface area contributed by atoms with E-state index < -0.39 is 18.0 Å². The number of carboxylic acid groups (broad SMARTS) is 1. The fraction of sp³-hybridized carbons (Fsp3) is 0.800. The minimum absolute atomic E-state index is 0.0280. The SMILES string of the molecule is CCC=C(O)CCCCCCCCCCCCC(=O)NC(CCC(=O)NCCOCCOCC(=O)NCCOCCOCC(=O)O)C(=O)OC. The number of unbranched alkanes of at least 4 members (excludes halogenated alkanes) is 9. The molecule has 0 saturated heterocycles. The third-order valence-corrected chi connectivity index (χ3v) is 7.35. The number of methoxy groups -OCH3 is 1. The second-order valence-corrected chi connectivity index (χ2v) is 11.7. The lowest BCUT2D eigenvalue weighted by Crippen LogP contribution is -2.42. The molecule has 0 spiro atoms. The Bertz CT molecular complexity index is 948. The highest BCUT2D eigenvalue weighted by atomic mass is 16.5. The molecule has 1 unspecified atom stereocenters. The number of aliphatic hydroxyl groups excluding tert-OH is 1. The van der Waals surface area contributed by atoms with Crippen LogP contribution in [-0.2, 0) is 47.7 Å². The normalized spacial score (nSPS) is 11.9. The maximum absolute atomic E-state index is 12.4. The van der Waals surface area contributed by atoms with Crippen molar-refractivity contribution in [2.24, 2.45) is 0 Å². The zero-order valence-corrected chi connectivity index (χ0v) is 30.3. The Morgan fingerprint density at radius 3 is 1.64 bits per heavy atom. The molecule has 0 radical (unpaired) electrons. The minimum Gasteiger partial charge on any atom is -0.513 e. The van der Waals surface area contributed by atoms with E-state index in [0.717, 1.165) is 51.4 Å². The predicted molar refractivity (Wildman–Crippen MR) is 187 cm³/mol. The van der Waals surface area contributed by atoms with Gasteiger partial charge < -0.3 is 49.8 Å². The highest BCUT2D eigenvalue weighted by Crippen LogP contribution is 2.13. The first-order valence-corrected chi connectivity index (χ1v) is 18.0. The summed E-state index contributed by atoms with van der Waals surface area (Å²) in [4.78, 5) is 58.8. The van der Waals surface area contributed by atoms with Crippen LogP contribution >= 0.6 is 0 Å². The van der Waals surface area contributed by atoms with Gasteiger partial charge in [0.15, 0.2) is 0 Å². The maximum Gasteiger partial charge on any atom is 0.329 e. The summed E-state index contributed by atoms with van der Waals surface area (Å²) in [6.45, 7) is 3.28. The highest BCUT2D eigenvalue weighted by molar-refractivity contribution is 5.85. The van der Waals surface area contributed by atoms with E-state index in [9.17, 15) is 29.1 Å². The first-order chi connectivity index (χ1) is 24.2. The van der Waals surface area contributed by atoms with E-state index in [2.05, 4.69) is 16.0 Å². The zero-order chi connectivity index (χ0) is 37.1. The molecule has 0 aromatic rings. The Morgan fingerprint density at radius 2 is 1.10 bits per heavy atom. The van der Waals surface area contributed by atoms with E-state index in [-0.39, 0.29) is 96.5 Å². The maximum atomic E-state index is 12.4. The largest absolute Gasteiger partial charge is 0.513 e. The van der Waals surface area contributed by atoms with Crippen molar-refractivity contribution in [3.8, 4) is 0 Å². The molecule has 0 fully saturated rings. The fourth-order valence-corrected chi connectivity index (χ4v) is 4.71. The number of aliphatic hydroxyl groups is 1. The van der Waals surface area contributed by atoms with Crippen LogP contribution in [0.25, 0.3) is 0 Å². The molecular formula is C35H63N3O12. The average molecular weight is 718 g/mol. The highest BCUT2D eigenvalue weighted by Gasteiger charge is 2.22. The van der Waals surface area contributed by atoms with Crippen LogP contribution in [0.4, 0.5) is 0 Å². The molecule has 0 aromatic carbocycles. The van der Waals surface area contributed by atoms with E-state index in [4.69, 9.17) is 28.8 Å². The van der Waals surface area contributed by atoms with Gasteiger partial charge in [-0.05, 0) is 31.8 Å². The number of hydrogen-bond donors (Lipinski definition) is 5. The molecule has 0 saturated carbocycles. The van der Waals surface area contributed by atoms with Crippen LogP contribution in [0.2, 0.25) is 0 Å². The van der Waals surface area contributed by atoms with Crippen molar-refractivity contribution in [3.63, 3.8) is 0 Å². The molecule has 15 nitrogen and oxygen atoms in total. The summed E-state index contributed by atoms with van der Waals surface area (Å²) in [5.74, 6) is -1.97. The Balaban J connectivity index is 3.80. The van der Waals surface area contributed by atoms with Crippen LogP contribution in [0.1, 0.15) is 103 Å². The number of nitrogens with one attached hydrogen (secondary N) is 3. The lowest BCUT2D eigenvalue weighted by molar-refractivity contribution is -0.145. The second kappa shape index (κ2) is 34.2. The summed E-state index contributed by atoms with van der Waals surface area (Å²) in [5.41, 5.74) is 0. The quantitative estimate of drug-likeness (QED) is 0.0364. The summed E-state index contributed by atoms with van der Waals surface area (Å²) in [6, 6.07) is -0.895. The van der Waals surface area contributed by atoms with Crippen molar-refractivity contribution in [1.29, 1.82) is 0 Å². The first-order valence-electron chi connectivity index (χ1n) is 18.0. The lowest BCUT2D eigenvalue weighted by Gasteiger charge is -2.16. The van der Waals surface area contributed by atoms with Gasteiger partial charge >= 0.3 is 11.9 Å². The second-order valence-electron chi connectivity index (χ2n) is 11.7. The van der Waals surface area contributed by atoms with E-state index in [1.807, 2.05) is 13.0 Å². The van der Waals surface area contributed by atoms with Gasteiger partial charge in [0.05, 0.1) is 52.5 Å². The summed E-state index contributed by atoms with van der Waals surface area (Å²) in [7, 11) is 1.24. The van der Waals surface area contributed by atoms with Crippen molar-refractivity contribution in [3.05, 3.63) is 11.8 Å². The fourth-order valence-electron chi connectivity index (χ4n) is 4.71. The molecule has 1 atom stereocenters. The number of amides is 3. The van der Waals surface area contributed by atoms with E-state index in [0.29, 0.717) is 12.2 Å². The molecule has 0 aliphatic heterocycles. The number of ether oxygens (including phenoxy) is 5. The molecule has 3 amide bonds. The number of aliphatic carboxylic acids is 1. The van der Waals surface area contributed by atoms with Gasteiger partial charge in [-0.2, -0.15) is 0 Å². The number of hydrogen-bond acceptors (Lipinski definition) is 11. The van der Waals surface area contributed by atoms with Crippen LogP contribution in [0.3, 0.4) is 0 Å². The van der Waals surface area contributed by atoms with Gasteiger partial charge in [-0.15, -0.1) is 0 Å². The summed E-state index contributed by atoms with van der Waals surface area (Å²) in [6.07, 6.45) is 14.8. The van der Waals surface area contributed by atoms with Crippen molar-refractivity contribution >= 4 is 29.7 Å². The molecule has 0 heterocycles. The van der Waals surface area contributed by atoms with Crippen LogP contribution in [-0.4, -0.2) is 119 Å². The van der Waals surface area contributed by atoms with Gasteiger partial charge in [0, 0.05) is 32.4 Å². The van der Waals surface area contributed by atoms with Crippen LogP contribution in [0, 0.1) is 0 Å². The third kappa shape index (κ3) is 32.0. The van der Waals surface area contributed by atoms with Gasteiger partial charge in [0.2, 0.25) is 17.7 Å². The molecule has 15 heteroatoms. The Labute approximate surface area is 297 Å². The van der Waals surface area contributed by atoms with Crippen LogP contribution in [0.5, 0.6) is 0 Å². The van der Waals surface area contributed by atoms with Crippen molar-refractivity contribution in [1.82, 2.24) is 16.0 Å². The number of carbonyl (C=O) groups excluding carboxylic acids is 4. The molecule has 290 valence electrons. The number of carboxylic acids is 1. The molecule has 0 aliphatic rings. The number of carbonyl (C=O) groups is 5. The van der Waals surface area contributed by atoms with E-state index >= 15 is 0 Å². The standard InChI is InChI=1S/C35H63N3O12/c1-3-14-29(39)15-12-10-8-6-4-5-7-9-11-13-16-32(41)38-30(35(45)46-2)17-18-31(40)36-19-21-47-23-25-49-27-33(42)37-20-22-48-24-26-50-28-34(43)44/h14,30,39H,3-13,15-28H2,1-2H3,(H,36,40)(H,37,42)(H,38,41)(H,43,44). The lowest BCUT2D eigenvalue weighted by atomic mass is 10.0. The summed E-state index contributed by atoms with van der Waals surface area (Å²) < 4.78 is 25.4. The van der Waals surface area contributed by atoms with Crippen LogP contribution in [0.15, 0.2) is 11.8 Å². The minimum atomic E-state index is -1.05. The van der Waals surface area contributed by atoms with Crippen molar-refractivity contribution in [2.75, 3.05) is 73.1 Å². The van der Waals surface area contributed by atoms with Gasteiger partial charge in [-0.25, -0.2) is 9.59 Å². The molecule has 0 rings (SSSR count). The van der Waals surface area contributed by atoms with Crippen molar-refractivity contribution < 1.29 is 57.9 Å². The summed E-state index contributed by atoms with van der Waals surface area (Å²) in [5, 5.41) is 26.1. The van der Waals surface area contributed by atoms with E-state index in [1.54, 1.807) is 0 Å². The number of esters is 1. The summed E-state index contributed by atoms with van der Waals surface area (Å²) >= 11 is 0. The molecule has 0 aliphatic carbocycles. The molecule has 5 N–H and O–H groups in total. The van der Waals surface area contributed by atoms with Gasteiger partial charge in [0.1, 0.15) is 19.3 Å². The molecule has 0 bridgehead atoms. The average Bonchev–Trinajstić information content (AvgIpc) is 3.08. The topological polar surface area (TPSA) is 208 Å². The molecule has 50 heavy (non-hydrogen) atoms.